The van der Waals surface area contributed by atoms with Crippen molar-refractivity contribution in [1.82, 2.24) is 10.1 Å². The molecule has 4 heteroatoms. The molecule has 0 aliphatic heterocycles. The van der Waals surface area contributed by atoms with Crippen LogP contribution in [-0.2, 0) is 0 Å². The minimum absolute atomic E-state index is 0.168. The van der Waals surface area contributed by atoms with Crippen LogP contribution in [0.5, 0.6) is 0 Å². The highest BCUT2D eigenvalue weighted by atomic mass is 16.5. The van der Waals surface area contributed by atoms with Crippen LogP contribution < -0.4 is 5.73 Å². The first-order valence-electron chi connectivity index (χ1n) is 5.40. The second kappa shape index (κ2) is 4.35. The van der Waals surface area contributed by atoms with Gasteiger partial charge in [-0.3, -0.25) is 0 Å². The Bertz CT molecular complexity index is 461. The maximum absolute atomic E-state index is 5.40. The number of nitrogens with two attached hydrogens (primary N) is 1. The number of rotatable bonds is 3. The predicted molar refractivity (Wildman–Crippen MR) is 62.9 cm³/mol. The van der Waals surface area contributed by atoms with Crippen molar-refractivity contribution >= 4 is 5.95 Å². The van der Waals surface area contributed by atoms with Gasteiger partial charge in [0.05, 0.1) is 0 Å². The quantitative estimate of drug-likeness (QED) is 0.858. The van der Waals surface area contributed by atoms with Crippen molar-refractivity contribution in [1.29, 1.82) is 0 Å². The first kappa shape index (κ1) is 10.7. The van der Waals surface area contributed by atoms with Gasteiger partial charge < -0.3 is 10.3 Å². The molecule has 0 bridgehead atoms. The first-order valence-corrected chi connectivity index (χ1v) is 5.40. The normalized spacial score (nSPS) is 12.6. The monoisotopic (exact) mass is 217 g/mol. The van der Waals surface area contributed by atoms with Crippen molar-refractivity contribution in [2.24, 2.45) is 0 Å². The van der Waals surface area contributed by atoms with Crippen LogP contribution in [0.3, 0.4) is 0 Å². The Morgan fingerprint density at radius 2 is 2.00 bits per heavy atom. The Labute approximate surface area is 94.5 Å². The highest BCUT2D eigenvalue weighted by Crippen LogP contribution is 2.23. The molecule has 0 aliphatic rings. The summed E-state index contributed by atoms with van der Waals surface area (Å²) in [7, 11) is 0. The second-order valence-corrected chi connectivity index (χ2v) is 3.89. The van der Waals surface area contributed by atoms with E-state index in [2.05, 4.69) is 36.1 Å². The molecule has 1 aromatic heterocycles. The molecule has 0 radical (unpaired) electrons. The second-order valence-electron chi connectivity index (χ2n) is 3.89. The summed E-state index contributed by atoms with van der Waals surface area (Å²) in [5.74, 6) is 1.20. The third-order valence-electron chi connectivity index (χ3n) is 2.78. The molecule has 0 fully saturated rings. The van der Waals surface area contributed by atoms with Gasteiger partial charge in [-0.1, -0.05) is 26.0 Å². The van der Waals surface area contributed by atoms with Gasteiger partial charge in [-0.15, -0.1) is 0 Å². The van der Waals surface area contributed by atoms with Gasteiger partial charge in [0.15, 0.2) is 0 Å². The summed E-state index contributed by atoms with van der Waals surface area (Å²) < 4.78 is 4.99. The standard InChI is InChI=1S/C12H15N3O/c1-3-8(2)9-4-6-10(7-5-9)11-14-12(13)15-16-11/h4-8H,3H2,1-2H3,(H2,13,15). The van der Waals surface area contributed by atoms with Crippen LogP contribution in [0.15, 0.2) is 28.8 Å². The number of hydrogen-bond donors (Lipinski definition) is 1. The molecule has 0 amide bonds. The van der Waals surface area contributed by atoms with Crippen LogP contribution in [0.1, 0.15) is 31.7 Å². The highest BCUT2D eigenvalue weighted by Gasteiger charge is 2.07. The van der Waals surface area contributed by atoms with E-state index in [4.69, 9.17) is 10.3 Å². The minimum Gasteiger partial charge on any atom is -0.365 e. The molecule has 4 nitrogen and oxygen atoms in total. The van der Waals surface area contributed by atoms with E-state index in [1.54, 1.807) is 0 Å². The topological polar surface area (TPSA) is 64.9 Å². The lowest BCUT2D eigenvalue weighted by Crippen LogP contribution is -1.90. The summed E-state index contributed by atoms with van der Waals surface area (Å²) >= 11 is 0. The van der Waals surface area contributed by atoms with Gasteiger partial charge in [0.25, 0.3) is 11.8 Å². The largest absolute Gasteiger partial charge is 0.365 e. The first-order chi connectivity index (χ1) is 7.70. The van der Waals surface area contributed by atoms with Crippen molar-refractivity contribution in [3.05, 3.63) is 29.8 Å². The van der Waals surface area contributed by atoms with Crippen LogP contribution in [-0.4, -0.2) is 10.1 Å². The third-order valence-corrected chi connectivity index (χ3v) is 2.78. The third kappa shape index (κ3) is 2.05. The van der Waals surface area contributed by atoms with Gasteiger partial charge in [0.1, 0.15) is 0 Å². The number of benzene rings is 1. The molecule has 1 aromatic carbocycles. The van der Waals surface area contributed by atoms with E-state index in [9.17, 15) is 0 Å². The maximum Gasteiger partial charge on any atom is 0.261 e. The molecule has 2 rings (SSSR count). The molecule has 2 aromatic rings. The van der Waals surface area contributed by atoms with Crippen molar-refractivity contribution < 1.29 is 4.52 Å². The van der Waals surface area contributed by atoms with Crippen LogP contribution in [0.4, 0.5) is 5.95 Å². The Morgan fingerprint density at radius 1 is 1.31 bits per heavy atom. The van der Waals surface area contributed by atoms with Crippen LogP contribution in [0.25, 0.3) is 11.5 Å². The van der Waals surface area contributed by atoms with Crippen LogP contribution in [0, 0.1) is 0 Å². The molecule has 1 atom stereocenters. The smallest absolute Gasteiger partial charge is 0.261 e. The molecular formula is C12H15N3O. The number of anilines is 1. The van der Waals surface area contributed by atoms with Crippen LogP contribution >= 0.6 is 0 Å². The summed E-state index contributed by atoms with van der Waals surface area (Å²) in [6, 6.07) is 8.14. The molecule has 0 saturated heterocycles. The van der Waals surface area contributed by atoms with E-state index in [0.717, 1.165) is 12.0 Å². The fourth-order valence-corrected chi connectivity index (χ4v) is 1.54. The lowest BCUT2D eigenvalue weighted by atomic mass is 9.98. The Kier molecular flexibility index (Phi) is 2.90. The number of nitrogen functional groups attached to an aromatic ring is 1. The average molecular weight is 217 g/mol. The molecule has 2 N–H and O–H groups in total. The predicted octanol–water partition coefficient (Wildman–Crippen LogP) is 2.83. The molecule has 1 heterocycles. The SMILES string of the molecule is CCC(C)c1ccc(-c2nc(N)no2)cc1. The Balaban J connectivity index is 2.25. The lowest BCUT2D eigenvalue weighted by molar-refractivity contribution is 0.433. The average Bonchev–Trinajstić information content (AvgIpc) is 2.75. The summed E-state index contributed by atoms with van der Waals surface area (Å²) in [6.07, 6.45) is 1.13. The number of aromatic nitrogens is 2. The molecule has 1 unspecified atom stereocenters. The van der Waals surface area contributed by atoms with E-state index < -0.39 is 0 Å². The van der Waals surface area contributed by atoms with Crippen molar-refractivity contribution in [3.63, 3.8) is 0 Å². The summed E-state index contributed by atoms with van der Waals surface area (Å²) in [5, 5.41) is 3.56. The van der Waals surface area contributed by atoms with Crippen molar-refractivity contribution in [2.45, 2.75) is 26.2 Å². The molecule has 0 spiro atoms. The van der Waals surface area contributed by atoms with Gasteiger partial charge in [-0.05, 0) is 35.2 Å². The number of nitrogens with zero attached hydrogens (tertiary/aromatic N) is 2. The van der Waals surface area contributed by atoms with Gasteiger partial charge in [0.2, 0.25) is 0 Å². The van der Waals surface area contributed by atoms with Crippen molar-refractivity contribution in [2.75, 3.05) is 5.73 Å². The Hall–Kier alpha value is -1.84. The molecule has 84 valence electrons. The lowest BCUT2D eigenvalue weighted by Gasteiger charge is -2.08. The Morgan fingerprint density at radius 3 is 2.50 bits per heavy atom. The van der Waals surface area contributed by atoms with E-state index in [1.807, 2.05) is 12.1 Å². The molecule has 0 aliphatic carbocycles. The molecule has 16 heavy (non-hydrogen) atoms. The summed E-state index contributed by atoms with van der Waals surface area (Å²) in [5.41, 5.74) is 7.62. The minimum atomic E-state index is 0.168. The molecule has 0 saturated carbocycles. The van der Waals surface area contributed by atoms with E-state index >= 15 is 0 Å². The fourth-order valence-electron chi connectivity index (χ4n) is 1.54. The fraction of sp³-hybridized carbons (Fsp3) is 0.333. The van der Waals surface area contributed by atoms with Crippen LogP contribution in [0.2, 0.25) is 0 Å². The van der Waals surface area contributed by atoms with Gasteiger partial charge in [-0.25, -0.2) is 0 Å². The van der Waals surface area contributed by atoms with Gasteiger partial charge in [-0.2, -0.15) is 4.98 Å². The zero-order valence-corrected chi connectivity index (χ0v) is 9.47. The van der Waals surface area contributed by atoms with Gasteiger partial charge >= 0.3 is 0 Å². The number of hydrogen-bond acceptors (Lipinski definition) is 4. The zero-order chi connectivity index (χ0) is 11.5. The van der Waals surface area contributed by atoms with Gasteiger partial charge in [0, 0.05) is 5.56 Å². The summed E-state index contributed by atoms with van der Waals surface area (Å²) in [6.45, 7) is 4.39. The maximum atomic E-state index is 5.40. The van der Waals surface area contributed by atoms with E-state index in [-0.39, 0.29) is 5.95 Å². The summed E-state index contributed by atoms with van der Waals surface area (Å²) in [4.78, 5) is 3.98. The zero-order valence-electron chi connectivity index (χ0n) is 9.47. The highest BCUT2D eigenvalue weighted by molar-refractivity contribution is 5.54. The van der Waals surface area contributed by atoms with Crippen molar-refractivity contribution in [3.8, 4) is 11.5 Å². The van der Waals surface area contributed by atoms with E-state index in [0.29, 0.717) is 11.8 Å². The molecular weight excluding hydrogens is 202 g/mol. The van der Waals surface area contributed by atoms with E-state index in [1.165, 1.54) is 5.56 Å².